The first-order valence-corrected chi connectivity index (χ1v) is 7.35. The number of benzene rings is 1. The van der Waals surface area contributed by atoms with Crippen LogP contribution in [0.2, 0.25) is 0 Å². The van der Waals surface area contributed by atoms with E-state index in [1.807, 2.05) is 11.8 Å². The highest BCUT2D eigenvalue weighted by atomic mass is 32.2. The van der Waals surface area contributed by atoms with Gasteiger partial charge in [-0.15, -0.1) is 11.8 Å². The van der Waals surface area contributed by atoms with Crippen molar-refractivity contribution < 1.29 is 0 Å². The zero-order valence-corrected chi connectivity index (χ0v) is 12.5. The molecule has 0 spiro atoms. The fraction of sp³-hybridized carbons (Fsp3) is 0.600. The monoisotopic (exact) mass is 251 g/mol. The van der Waals surface area contributed by atoms with Gasteiger partial charge in [-0.3, -0.25) is 0 Å². The Morgan fingerprint density at radius 1 is 1.12 bits per heavy atom. The Kier molecular flexibility index (Phi) is 5.54. The van der Waals surface area contributed by atoms with E-state index in [0.29, 0.717) is 6.04 Å². The van der Waals surface area contributed by atoms with E-state index in [2.05, 4.69) is 64.2 Å². The Bertz CT molecular complexity index is 322. The van der Waals surface area contributed by atoms with E-state index in [9.17, 15) is 0 Å². The third-order valence-corrected chi connectivity index (χ3v) is 3.66. The van der Waals surface area contributed by atoms with E-state index in [1.165, 1.54) is 10.5 Å². The van der Waals surface area contributed by atoms with Crippen molar-refractivity contribution in [1.82, 2.24) is 5.32 Å². The fourth-order valence-corrected chi connectivity index (χ4v) is 2.35. The maximum atomic E-state index is 3.43. The molecule has 0 saturated heterocycles. The molecule has 0 unspecified atom stereocenters. The van der Waals surface area contributed by atoms with Gasteiger partial charge >= 0.3 is 0 Å². The highest BCUT2D eigenvalue weighted by Gasteiger charge is 2.12. The second-order valence-corrected chi connectivity index (χ2v) is 6.90. The van der Waals surface area contributed by atoms with Gasteiger partial charge in [-0.25, -0.2) is 0 Å². The molecule has 0 radical (unpaired) electrons. The summed E-state index contributed by atoms with van der Waals surface area (Å²) in [6.07, 6.45) is 0. The van der Waals surface area contributed by atoms with E-state index in [0.717, 1.165) is 12.3 Å². The van der Waals surface area contributed by atoms with Crippen molar-refractivity contribution in [2.75, 3.05) is 12.3 Å². The van der Waals surface area contributed by atoms with Gasteiger partial charge in [-0.05, 0) is 23.1 Å². The van der Waals surface area contributed by atoms with Gasteiger partial charge in [0.2, 0.25) is 0 Å². The quantitative estimate of drug-likeness (QED) is 0.625. The SMILES string of the molecule is CC(C)NCCSc1ccc(C(C)(C)C)cc1. The van der Waals surface area contributed by atoms with Crippen molar-refractivity contribution in [3.63, 3.8) is 0 Å². The van der Waals surface area contributed by atoms with E-state index < -0.39 is 0 Å². The average molecular weight is 251 g/mol. The van der Waals surface area contributed by atoms with Gasteiger partial charge in [0.25, 0.3) is 0 Å². The van der Waals surface area contributed by atoms with Gasteiger partial charge in [0.05, 0.1) is 0 Å². The van der Waals surface area contributed by atoms with Gasteiger partial charge < -0.3 is 5.32 Å². The highest BCUT2D eigenvalue weighted by molar-refractivity contribution is 7.99. The first-order valence-electron chi connectivity index (χ1n) is 6.36. The molecule has 1 aromatic carbocycles. The smallest absolute Gasteiger partial charge is 0.0106 e. The highest BCUT2D eigenvalue weighted by Crippen LogP contribution is 2.25. The molecule has 1 N–H and O–H groups in total. The van der Waals surface area contributed by atoms with Crippen LogP contribution in [0.15, 0.2) is 29.2 Å². The van der Waals surface area contributed by atoms with Crippen LogP contribution in [-0.4, -0.2) is 18.3 Å². The molecule has 0 aliphatic heterocycles. The molecule has 1 aromatic rings. The van der Waals surface area contributed by atoms with Crippen LogP contribution in [0.25, 0.3) is 0 Å². The maximum Gasteiger partial charge on any atom is 0.0106 e. The number of rotatable bonds is 5. The van der Waals surface area contributed by atoms with Crippen molar-refractivity contribution in [1.29, 1.82) is 0 Å². The van der Waals surface area contributed by atoms with Crippen molar-refractivity contribution in [3.8, 4) is 0 Å². The second-order valence-electron chi connectivity index (χ2n) is 5.73. The Morgan fingerprint density at radius 2 is 1.71 bits per heavy atom. The second kappa shape index (κ2) is 6.46. The molecule has 0 heterocycles. The molecule has 0 atom stereocenters. The summed E-state index contributed by atoms with van der Waals surface area (Å²) in [5.74, 6) is 1.13. The molecule has 0 fully saturated rings. The van der Waals surface area contributed by atoms with Crippen molar-refractivity contribution in [2.45, 2.75) is 51.0 Å². The third-order valence-electron chi connectivity index (χ3n) is 2.64. The first-order chi connectivity index (χ1) is 7.89. The van der Waals surface area contributed by atoms with E-state index in [4.69, 9.17) is 0 Å². The Labute approximate surface area is 110 Å². The van der Waals surface area contributed by atoms with Crippen LogP contribution in [0.1, 0.15) is 40.2 Å². The lowest BCUT2D eigenvalue weighted by atomic mass is 9.87. The molecule has 96 valence electrons. The van der Waals surface area contributed by atoms with Crippen LogP contribution in [0.5, 0.6) is 0 Å². The summed E-state index contributed by atoms with van der Waals surface area (Å²) in [4.78, 5) is 1.36. The maximum absolute atomic E-state index is 3.43. The fourth-order valence-electron chi connectivity index (χ4n) is 1.57. The lowest BCUT2D eigenvalue weighted by molar-refractivity contribution is 0.589. The first kappa shape index (κ1) is 14.6. The number of thioether (sulfide) groups is 1. The largest absolute Gasteiger partial charge is 0.314 e. The Hall–Kier alpha value is -0.470. The lowest BCUT2D eigenvalue weighted by Gasteiger charge is -2.19. The molecule has 0 aliphatic rings. The van der Waals surface area contributed by atoms with Crippen LogP contribution >= 0.6 is 11.8 Å². The minimum absolute atomic E-state index is 0.252. The predicted molar refractivity (Wildman–Crippen MR) is 79.0 cm³/mol. The van der Waals surface area contributed by atoms with E-state index in [1.54, 1.807) is 0 Å². The van der Waals surface area contributed by atoms with Gasteiger partial charge in [-0.2, -0.15) is 0 Å². The zero-order chi connectivity index (χ0) is 12.9. The van der Waals surface area contributed by atoms with Gasteiger partial charge in [0, 0.05) is 23.2 Å². The Morgan fingerprint density at radius 3 is 2.18 bits per heavy atom. The molecule has 1 nitrogen and oxygen atoms in total. The summed E-state index contributed by atoms with van der Waals surface area (Å²) in [5, 5.41) is 3.43. The van der Waals surface area contributed by atoms with Gasteiger partial charge in [0.15, 0.2) is 0 Å². The molecular weight excluding hydrogens is 226 g/mol. The van der Waals surface area contributed by atoms with Crippen LogP contribution < -0.4 is 5.32 Å². The minimum Gasteiger partial charge on any atom is -0.314 e. The van der Waals surface area contributed by atoms with Crippen molar-refractivity contribution >= 4 is 11.8 Å². The summed E-state index contributed by atoms with van der Waals surface area (Å²) >= 11 is 1.92. The number of hydrogen-bond donors (Lipinski definition) is 1. The van der Waals surface area contributed by atoms with Crippen LogP contribution in [0.3, 0.4) is 0 Å². The summed E-state index contributed by atoms with van der Waals surface area (Å²) in [7, 11) is 0. The molecule has 0 saturated carbocycles. The lowest BCUT2D eigenvalue weighted by Crippen LogP contribution is -2.24. The van der Waals surface area contributed by atoms with Gasteiger partial charge in [0.1, 0.15) is 0 Å². The third kappa shape index (κ3) is 5.60. The van der Waals surface area contributed by atoms with Crippen LogP contribution in [0.4, 0.5) is 0 Å². The average Bonchev–Trinajstić information content (AvgIpc) is 2.23. The van der Waals surface area contributed by atoms with E-state index in [-0.39, 0.29) is 5.41 Å². The summed E-state index contributed by atoms with van der Waals surface area (Å²) in [6.45, 7) is 12.2. The van der Waals surface area contributed by atoms with Gasteiger partial charge in [-0.1, -0.05) is 46.8 Å². The molecule has 0 amide bonds. The van der Waals surface area contributed by atoms with E-state index >= 15 is 0 Å². The summed E-state index contributed by atoms with van der Waals surface area (Å²) in [6, 6.07) is 9.55. The van der Waals surface area contributed by atoms with Crippen LogP contribution in [0, 0.1) is 0 Å². The summed E-state index contributed by atoms with van der Waals surface area (Å²) in [5.41, 5.74) is 1.66. The Balaban J connectivity index is 2.41. The number of hydrogen-bond acceptors (Lipinski definition) is 2. The van der Waals surface area contributed by atoms with Crippen molar-refractivity contribution in [3.05, 3.63) is 29.8 Å². The molecule has 0 aliphatic carbocycles. The summed E-state index contributed by atoms with van der Waals surface area (Å²) < 4.78 is 0. The van der Waals surface area contributed by atoms with Crippen LogP contribution in [-0.2, 0) is 5.41 Å². The van der Waals surface area contributed by atoms with Crippen molar-refractivity contribution in [2.24, 2.45) is 0 Å². The topological polar surface area (TPSA) is 12.0 Å². The molecule has 2 heteroatoms. The standard InChI is InChI=1S/C15H25NS/c1-12(2)16-10-11-17-14-8-6-13(7-9-14)15(3,4)5/h6-9,12,16H,10-11H2,1-5H3. The predicted octanol–water partition coefficient (Wildman–Crippen LogP) is 4.07. The molecule has 0 bridgehead atoms. The zero-order valence-electron chi connectivity index (χ0n) is 11.7. The molecular formula is C15H25NS. The molecule has 1 rings (SSSR count). The normalized spacial score (nSPS) is 12.1. The molecule has 0 aromatic heterocycles. The molecule has 17 heavy (non-hydrogen) atoms. The minimum atomic E-state index is 0.252. The number of nitrogens with one attached hydrogen (secondary N) is 1.